The predicted molar refractivity (Wildman–Crippen MR) is 130 cm³/mol. The first-order valence-electron chi connectivity index (χ1n) is 10.4. The number of nitrogens with one attached hydrogen (secondary N) is 3. The molecule has 0 aliphatic carbocycles. The van der Waals surface area contributed by atoms with E-state index in [-0.39, 0.29) is 29.9 Å². The number of hydrogen-bond acceptors (Lipinski definition) is 4. The lowest BCUT2D eigenvalue weighted by molar-refractivity contribution is 0.0926. The second-order valence-corrected chi connectivity index (χ2v) is 7.13. The number of guanidine groups is 1. The average molecular weight is 525 g/mol. The summed E-state index contributed by atoms with van der Waals surface area (Å²) in [5, 5.41) is 9.39. The van der Waals surface area contributed by atoms with Crippen LogP contribution in [-0.4, -0.2) is 55.5 Å². The molecule has 1 aliphatic rings. The minimum absolute atomic E-state index is 0. The summed E-state index contributed by atoms with van der Waals surface area (Å²) < 4.78 is 5.09. The van der Waals surface area contributed by atoms with Crippen molar-refractivity contribution in [2.45, 2.75) is 32.4 Å². The van der Waals surface area contributed by atoms with Crippen LogP contribution in [0, 0.1) is 0 Å². The Morgan fingerprint density at radius 2 is 1.93 bits per heavy atom. The van der Waals surface area contributed by atoms with Gasteiger partial charge in [0.25, 0.3) is 5.91 Å². The summed E-state index contributed by atoms with van der Waals surface area (Å²) in [6, 6.07) is 14.4. The minimum Gasteiger partial charge on any atom is -0.459 e. The largest absolute Gasteiger partial charge is 0.459 e. The highest BCUT2D eigenvalue weighted by atomic mass is 127. The van der Waals surface area contributed by atoms with Crippen LogP contribution in [0.4, 0.5) is 0 Å². The minimum atomic E-state index is -0.207. The van der Waals surface area contributed by atoms with Crippen LogP contribution in [0.5, 0.6) is 0 Å². The molecule has 8 heteroatoms. The van der Waals surface area contributed by atoms with Gasteiger partial charge in [-0.1, -0.05) is 30.3 Å². The number of carbonyl (C=O) groups excluding carboxylic acids is 1. The highest BCUT2D eigenvalue weighted by Crippen LogP contribution is 2.20. The van der Waals surface area contributed by atoms with Crippen LogP contribution < -0.4 is 16.0 Å². The maximum atomic E-state index is 11.9. The molecule has 3 N–H and O–H groups in total. The molecule has 1 fully saturated rings. The molecule has 0 saturated carbocycles. The maximum absolute atomic E-state index is 11.9. The van der Waals surface area contributed by atoms with E-state index in [1.165, 1.54) is 24.7 Å². The number of nitrogens with zero attached hydrogens (tertiary/aromatic N) is 2. The normalized spacial score (nSPS) is 16.7. The Balaban J connectivity index is 0.00000320. The van der Waals surface area contributed by atoms with Crippen molar-refractivity contribution < 1.29 is 9.21 Å². The van der Waals surface area contributed by atoms with Gasteiger partial charge in [0.15, 0.2) is 11.7 Å². The second kappa shape index (κ2) is 13.3. The molecule has 1 atom stereocenters. The maximum Gasteiger partial charge on any atom is 0.287 e. The summed E-state index contributed by atoms with van der Waals surface area (Å²) in [5.74, 6) is 0.901. The third kappa shape index (κ3) is 7.64. The van der Waals surface area contributed by atoms with Crippen molar-refractivity contribution >= 4 is 35.8 Å². The summed E-state index contributed by atoms with van der Waals surface area (Å²) in [6.45, 7) is 6.79. The molecule has 1 aliphatic heterocycles. The van der Waals surface area contributed by atoms with E-state index in [0.717, 1.165) is 32.1 Å². The lowest BCUT2D eigenvalue weighted by Crippen LogP contribution is -2.42. The monoisotopic (exact) mass is 525 g/mol. The number of halogens is 1. The SMILES string of the molecule is CCNC(=NCC1CCCN1Cc1ccccc1)NCCNC(=O)c1ccco1.I. The summed E-state index contributed by atoms with van der Waals surface area (Å²) in [5.41, 5.74) is 1.35. The van der Waals surface area contributed by atoms with Crippen LogP contribution >= 0.6 is 24.0 Å². The first-order valence-corrected chi connectivity index (χ1v) is 10.4. The summed E-state index contributed by atoms with van der Waals surface area (Å²) >= 11 is 0. The molecule has 7 nitrogen and oxygen atoms in total. The number of likely N-dealkylation sites (tertiary alicyclic amines) is 1. The zero-order valence-corrected chi connectivity index (χ0v) is 19.8. The molecule has 164 valence electrons. The van der Waals surface area contributed by atoms with Gasteiger partial charge in [0.2, 0.25) is 0 Å². The molecule has 3 rings (SSSR count). The number of furan rings is 1. The molecule has 1 unspecified atom stereocenters. The van der Waals surface area contributed by atoms with Crippen LogP contribution in [0.1, 0.15) is 35.9 Å². The van der Waals surface area contributed by atoms with Gasteiger partial charge in [-0.15, -0.1) is 24.0 Å². The molecular formula is C22H32IN5O2. The topological polar surface area (TPSA) is 81.9 Å². The van der Waals surface area contributed by atoms with E-state index in [4.69, 9.17) is 9.41 Å². The van der Waals surface area contributed by atoms with Gasteiger partial charge in [0.1, 0.15) is 0 Å². The van der Waals surface area contributed by atoms with Gasteiger partial charge in [0.05, 0.1) is 12.8 Å². The van der Waals surface area contributed by atoms with Crippen LogP contribution in [0.25, 0.3) is 0 Å². The van der Waals surface area contributed by atoms with Gasteiger partial charge in [-0.25, -0.2) is 0 Å². The number of benzene rings is 1. The van der Waals surface area contributed by atoms with Crippen LogP contribution in [-0.2, 0) is 6.54 Å². The predicted octanol–water partition coefficient (Wildman–Crippen LogP) is 2.85. The van der Waals surface area contributed by atoms with E-state index in [1.807, 2.05) is 6.92 Å². The first-order chi connectivity index (χ1) is 14.3. The lowest BCUT2D eigenvalue weighted by atomic mass is 10.2. The smallest absolute Gasteiger partial charge is 0.287 e. The van der Waals surface area contributed by atoms with Gasteiger partial charge in [-0.3, -0.25) is 14.7 Å². The van der Waals surface area contributed by atoms with Crippen molar-refractivity contribution in [1.29, 1.82) is 0 Å². The molecule has 2 heterocycles. The third-order valence-corrected chi connectivity index (χ3v) is 4.98. The average Bonchev–Trinajstić information content (AvgIpc) is 3.42. The second-order valence-electron chi connectivity index (χ2n) is 7.13. The van der Waals surface area contributed by atoms with Crippen molar-refractivity contribution in [3.05, 3.63) is 60.1 Å². The van der Waals surface area contributed by atoms with Crippen LogP contribution in [0.15, 0.2) is 58.1 Å². The Hall–Kier alpha value is -2.07. The van der Waals surface area contributed by atoms with Crippen molar-refractivity contribution in [3.63, 3.8) is 0 Å². The van der Waals surface area contributed by atoms with E-state index in [1.54, 1.807) is 12.1 Å². The standard InChI is InChI=1S/C22H31N5O2.HI/c1-2-23-22(25-13-12-24-21(28)20-11-7-15-29-20)26-16-19-10-6-14-27(19)17-18-8-4-3-5-9-18;/h3-5,7-9,11,15,19H,2,6,10,12-14,16-17H2,1H3,(H,24,28)(H2,23,25,26);1H. The number of carbonyl (C=O) groups is 1. The molecule has 0 bridgehead atoms. The van der Waals surface area contributed by atoms with E-state index < -0.39 is 0 Å². The Labute approximate surface area is 195 Å². The van der Waals surface area contributed by atoms with Crippen molar-refractivity contribution in [1.82, 2.24) is 20.9 Å². The molecular weight excluding hydrogens is 493 g/mol. The Morgan fingerprint density at radius 3 is 2.67 bits per heavy atom. The molecule has 1 amide bonds. The van der Waals surface area contributed by atoms with Crippen molar-refractivity contribution in [2.24, 2.45) is 4.99 Å². The van der Waals surface area contributed by atoms with E-state index in [9.17, 15) is 4.79 Å². The Bertz CT molecular complexity index is 767. The van der Waals surface area contributed by atoms with Crippen molar-refractivity contribution in [3.8, 4) is 0 Å². The highest BCUT2D eigenvalue weighted by Gasteiger charge is 2.24. The molecule has 0 radical (unpaired) electrons. The number of amides is 1. The molecule has 1 aromatic carbocycles. The van der Waals surface area contributed by atoms with Gasteiger partial charge in [-0.2, -0.15) is 0 Å². The molecule has 1 saturated heterocycles. The Kier molecular flexibility index (Phi) is 10.7. The molecule has 30 heavy (non-hydrogen) atoms. The highest BCUT2D eigenvalue weighted by molar-refractivity contribution is 14.0. The molecule has 2 aromatic rings. The van der Waals surface area contributed by atoms with Crippen LogP contribution in [0.2, 0.25) is 0 Å². The fourth-order valence-electron chi connectivity index (χ4n) is 3.52. The summed E-state index contributed by atoms with van der Waals surface area (Å²) in [7, 11) is 0. The number of hydrogen-bond donors (Lipinski definition) is 3. The molecule has 1 aromatic heterocycles. The third-order valence-electron chi connectivity index (χ3n) is 4.98. The number of aliphatic imine (C=N–C) groups is 1. The summed E-state index contributed by atoms with van der Waals surface area (Å²) in [4.78, 5) is 19.2. The Morgan fingerprint density at radius 1 is 1.13 bits per heavy atom. The fourth-order valence-corrected chi connectivity index (χ4v) is 3.52. The van der Waals surface area contributed by atoms with Gasteiger partial charge in [0, 0.05) is 32.2 Å². The zero-order chi connectivity index (χ0) is 20.3. The van der Waals surface area contributed by atoms with E-state index in [2.05, 4.69) is 51.2 Å². The fraction of sp³-hybridized carbons (Fsp3) is 0.455. The quantitative estimate of drug-likeness (QED) is 0.203. The van der Waals surface area contributed by atoms with Crippen molar-refractivity contribution in [2.75, 3.05) is 32.7 Å². The van der Waals surface area contributed by atoms with E-state index in [0.29, 0.717) is 24.9 Å². The van der Waals surface area contributed by atoms with E-state index >= 15 is 0 Å². The summed E-state index contributed by atoms with van der Waals surface area (Å²) in [6.07, 6.45) is 3.89. The molecule has 0 spiro atoms. The zero-order valence-electron chi connectivity index (χ0n) is 17.5. The van der Waals surface area contributed by atoms with Gasteiger partial charge in [-0.05, 0) is 44.0 Å². The van der Waals surface area contributed by atoms with Gasteiger partial charge >= 0.3 is 0 Å². The van der Waals surface area contributed by atoms with Crippen LogP contribution in [0.3, 0.4) is 0 Å². The number of rotatable bonds is 9. The van der Waals surface area contributed by atoms with Gasteiger partial charge < -0.3 is 20.4 Å². The lowest BCUT2D eigenvalue weighted by Gasteiger charge is -2.23. The first kappa shape index (κ1) is 24.2.